The van der Waals surface area contributed by atoms with Gasteiger partial charge in [-0.25, -0.2) is 4.39 Å². The number of nitrogens with one attached hydrogen (secondary N) is 1. The van der Waals surface area contributed by atoms with E-state index in [9.17, 15) is 14.0 Å². The summed E-state index contributed by atoms with van der Waals surface area (Å²) in [5.74, 6) is -1.30. The van der Waals surface area contributed by atoms with Crippen LogP contribution in [0.25, 0.3) is 11.3 Å². The summed E-state index contributed by atoms with van der Waals surface area (Å²) in [6.07, 6.45) is 0.762. The summed E-state index contributed by atoms with van der Waals surface area (Å²) < 4.78 is 19.5. The van der Waals surface area contributed by atoms with Gasteiger partial charge in [0.2, 0.25) is 5.91 Å². The number of benzene rings is 2. The number of hydrogen-bond donors (Lipinski definition) is 1. The number of aromatic nitrogens is 1. The van der Waals surface area contributed by atoms with Crippen molar-refractivity contribution in [1.29, 1.82) is 0 Å². The molecule has 3 rings (SSSR count). The van der Waals surface area contributed by atoms with E-state index in [0.29, 0.717) is 5.69 Å². The molecule has 1 N–H and O–H groups in total. The Bertz CT molecular complexity index is 1080. The lowest BCUT2D eigenvalue weighted by molar-refractivity contribution is -0.116. The summed E-state index contributed by atoms with van der Waals surface area (Å²) in [5, 5.41) is 6.76. The number of aryl methyl sites for hydroxylation is 2. The van der Waals surface area contributed by atoms with Crippen LogP contribution in [0.5, 0.6) is 0 Å². The van der Waals surface area contributed by atoms with Gasteiger partial charge in [-0.15, -0.1) is 0 Å². The molecule has 0 aliphatic heterocycles. The predicted octanol–water partition coefficient (Wildman–Crippen LogP) is 4.72. The summed E-state index contributed by atoms with van der Waals surface area (Å²) in [6, 6.07) is 11.6. The van der Waals surface area contributed by atoms with Gasteiger partial charge in [0.1, 0.15) is 22.8 Å². The number of rotatable bonds is 6. The van der Waals surface area contributed by atoms with Gasteiger partial charge in [-0.1, -0.05) is 47.9 Å². The third kappa shape index (κ3) is 4.36. The lowest BCUT2D eigenvalue weighted by Crippen LogP contribution is -2.35. The minimum Gasteiger partial charge on any atom is -0.360 e. The first-order valence-corrected chi connectivity index (χ1v) is 9.75. The zero-order valence-electron chi connectivity index (χ0n) is 16.8. The van der Waals surface area contributed by atoms with Crippen molar-refractivity contribution >= 4 is 29.1 Å². The van der Waals surface area contributed by atoms with E-state index >= 15 is 0 Å². The van der Waals surface area contributed by atoms with Crippen LogP contribution in [0.15, 0.2) is 47.0 Å². The van der Waals surface area contributed by atoms with E-state index in [1.165, 1.54) is 30.1 Å². The molecule has 156 valence electrons. The van der Waals surface area contributed by atoms with Crippen LogP contribution in [0.2, 0.25) is 5.02 Å². The summed E-state index contributed by atoms with van der Waals surface area (Å²) >= 11 is 6.12. The number of para-hydroxylation sites is 1. The maximum Gasteiger partial charge on any atom is 0.259 e. The second-order valence-electron chi connectivity index (χ2n) is 6.78. The predicted molar refractivity (Wildman–Crippen MR) is 113 cm³/mol. The molecule has 0 radical (unpaired) electrons. The van der Waals surface area contributed by atoms with Gasteiger partial charge in [0.05, 0.1) is 17.1 Å². The van der Waals surface area contributed by atoms with Crippen LogP contribution in [-0.4, -0.2) is 35.5 Å². The molecular formula is C22H21ClFN3O3. The van der Waals surface area contributed by atoms with Gasteiger partial charge in [0.15, 0.2) is 0 Å². The standard InChI is InChI=1S/C22H21ClFN3O3/c1-4-14-8-5-6-11-17(14)25-18(28)12-27(3)22(29)19-13(2)30-26-21(19)20-15(23)9-7-10-16(20)24/h5-11H,4,12H2,1-3H3,(H,25,28). The Balaban J connectivity index is 1.82. The van der Waals surface area contributed by atoms with Gasteiger partial charge < -0.3 is 14.7 Å². The van der Waals surface area contributed by atoms with E-state index in [2.05, 4.69) is 10.5 Å². The minimum absolute atomic E-state index is 0.00388. The van der Waals surface area contributed by atoms with Crippen LogP contribution in [0.1, 0.15) is 28.6 Å². The van der Waals surface area contributed by atoms with Gasteiger partial charge in [0.25, 0.3) is 5.91 Å². The molecule has 0 saturated heterocycles. The quantitative estimate of drug-likeness (QED) is 0.615. The molecule has 30 heavy (non-hydrogen) atoms. The van der Waals surface area contributed by atoms with E-state index < -0.39 is 11.7 Å². The zero-order valence-corrected chi connectivity index (χ0v) is 17.6. The van der Waals surface area contributed by atoms with Crippen molar-refractivity contribution < 1.29 is 18.5 Å². The maximum atomic E-state index is 14.4. The fraction of sp³-hybridized carbons (Fsp3) is 0.227. The van der Waals surface area contributed by atoms with Crippen LogP contribution < -0.4 is 5.32 Å². The third-order valence-electron chi connectivity index (χ3n) is 4.68. The van der Waals surface area contributed by atoms with Crippen LogP contribution in [0, 0.1) is 12.7 Å². The lowest BCUT2D eigenvalue weighted by Gasteiger charge is -2.18. The second kappa shape index (κ2) is 9.09. The van der Waals surface area contributed by atoms with Crippen LogP contribution in [0.3, 0.4) is 0 Å². The molecule has 3 aromatic rings. The Labute approximate surface area is 178 Å². The molecule has 6 nitrogen and oxygen atoms in total. The van der Waals surface area contributed by atoms with Gasteiger partial charge in [-0.05, 0) is 37.1 Å². The number of carbonyl (C=O) groups excluding carboxylic acids is 2. The number of nitrogens with zero attached hydrogens (tertiary/aromatic N) is 2. The molecule has 0 bridgehead atoms. The highest BCUT2D eigenvalue weighted by atomic mass is 35.5. The normalized spacial score (nSPS) is 10.7. The van der Waals surface area contributed by atoms with E-state index in [-0.39, 0.29) is 40.1 Å². The summed E-state index contributed by atoms with van der Waals surface area (Å²) in [4.78, 5) is 26.7. The summed E-state index contributed by atoms with van der Waals surface area (Å²) in [6.45, 7) is 3.33. The highest BCUT2D eigenvalue weighted by Crippen LogP contribution is 2.33. The first kappa shape index (κ1) is 21.5. The smallest absolute Gasteiger partial charge is 0.259 e. The van der Waals surface area contributed by atoms with E-state index in [1.54, 1.807) is 13.0 Å². The number of hydrogen-bond acceptors (Lipinski definition) is 4. The average molecular weight is 430 g/mol. The number of amides is 2. The van der Waals surface area contributed by atoms with Gasteiger partial charge in [0, 0.05) is 12.7 Å². The minimum atomic E-state index is -0.624. The average Bonchev–Trinajstić information content (AvgIpc) is 3.08. The molecule has 0 atom stereocenters. The Kier molecular flexibility index (Phi) is 6.52. The lowest BCUT2D eigenvalue weighted by atomic mass is 10.0. The molecule has 1 aromatic heterocycles. The van der Waals surface area contributed by atoms with E-state index in [0.717, 1.165) is 12.0 Å². The van der Waals surface area contributed by atoms with E-state index in [1.807, 2.05) is 25.1 Å². The van der Waals surface area contributed by atoms with Crippen molar-refractivity contribution in [2.75, 3.05) is 18.9 Å². The van der Waals surface area contributed by atoms with Crippen molar-refractivity contribution in [3.63, 3.8) is 0 Å². The molecule has 0 fully saturated rings. The van der Waals surface area contributed by atoms with Crippen LogP contribution in [0.4, 0.5) is 10.1 Å². The number of carbonyl (C=O) groups is 2. The fourth-order valence-corrected chi connectivity index (χ4v) is 3.39. The van der Waals surface area contributed by atoms with Gasteiger partial charge in [-0.2, -0.15) is 0 Å². The summed E-state index contributed by atoms with van der Waals surface area (Å²) in [7, 11) is 1.48. The number of halogens is 2. The number of anilines is 1. The van der Waals surface area contributed by atoms with Crippen molar-refractivity contribution in [3.05, 3.63) is 70.2 Å². The highest BCUT2D eigenvalue weighted by Gasteiger charge is 2.28. The van der Waals surface area contributed by atoms with Crippen LogP contribution >= 0.6 is 11.6 Å². The Morgan fingerprint density at radius 1 is 1.20 bits per heavy atom. The molecule has 1 heterocycles. The fourth-order valence-electron chi connectivity index (χ4n) is 3.14. The number of likely N-dealkylation sites (N-methyl/N-ethyl adjacent to an activating group) is 1. The van der Waals surface area contributed by atoms with Crippen molar-refractivity contribution in [3.8, 4) is 11.3 Å². The van der Waals surface area contributed by atoms with E-state index in [4.69, 9.17) is 16.1 Å². The topological polar surface area (TPSA) is 75.4 Å². The molecule has 8 heteroatoms. The SMILES string of the molecule is CCc1ccccc1NC(=O)CN(C)C(=O)c1c(-c2c(F)cccc2Cl)noc1C. The molecule has 0 aliphatic carbocycles. The molecule has 0 aliphatic rings. The monoisotopic (exact) mass is 429 g/mol. The summed E-state index contributed by atoms with van der Waals surface area (Å²) in [5.41, 5.74) is 1.74. The van der Waals surface area contributed by atoms with Crippen LogP contribution in [-0.2, 0) is 11.2 Å². The molecule has 2 amide bonds. The zero-order chi connectivity index (χ0) is 21.8. The molecule has 0 unspecified atom stereocenters. The van der Waals surface area contributed by atoms with Gasteiger partial charge >= 0.3 is 0 Å². The largest absolute Gasteiger partial charge is 0.360 e. The molecule has 2 aromatic carbocycles. The maximum absolute atomic E-state index is 14.4. The Morgan fingerprint density at radius 2 is 1.93 bits per heavy atom. The first-order chi connectivity index (χ1) is 14.3. The third-order valence-corrected chi connectivity index (χ3v) is 4.99. The first-order valence-electron chi connectivity index (χ1n) is 9.37. The Morgan fingerprint density at radius 3 is 2.63 bits per heavy atom. The van der Waals surface area contributed by atoms with Crippen molar-refractivity contribution in [2.45, 2.75) is 20.3 Å². The second-order valence-corrected chi connectivity index (χ2v) is 7.19. The molecule has 0 spiro atoms. The van der Waals surface area contributed by atoms with Crippen molar-refractivity contribution in [2.24, 2.45) is 0 Å². The molecule has 0 saturated carbocycles. The molecular weight excluding hydrogens is 409 g/mol. The van der Waals surface area contributed by atoms with Gasteiger partial charge in [-0.3, -0.25) is 9.59 Å². The Hall–Kier alpha value is -3.19. The highest BCUT2D eigenvalue weighted by molar-refractivity contribution is 6.33. The van der Waals surface area contributed by atoms with Crippen molar-refractivity contribution in [1.82, 2.24) is 10.1 Å².